The summed E-state index contributed by atoms with van der Waals surface area (Å²) in [4.78, 5) is 17.5. The smallest absolute Gasteiger partial charge is 0.354 e. The van der Waals surface area contributed by atoms with Gasteiger partial charge in [0.05, 0.1) is 11.0 Å². The largest absolute Gasteiger partial charge is 0.477 e. The van der Waals surface area contributed by atoms with Crippen LogP contribution in [0.4, 0.5) is 8.78 Å². The highest BCUT2D eigenvalue weighted by Gasteiger charge is 2.17. The van der Waals surface area contributed by atoms with Gasteiger partial charge in [0.1, 0.15) is 0 Å². The third kappa shape index (κ3) is 1.86. The Balaban J connectivity index is 2.57. The number of pyridine rings is 1. The van der Waals surface area contributed by atoms with Crippen LogP contribution in [0.3, 0.4) is 0 Å². The first kappa shape index (κ1) is 10.5. The predicted molar refractivity (Wildman–Crippen MR) is 52.8 cm³/mol. The van der Waals surface area contributed by atoms with E-state index in [0.29, 0.717) is 11.0 Å². The molecule has 0 aromatic carbocycles. The number of hydrogen-bond acceptors (Lipinski definition) is 2. The number of aromatic carboxylic acids is 1. The molecule has 0 fully saturated rings. The number of aromatic nitrogens is 2. The van der Waals surface area contributed by atoms with Crippen molar-refractivity contribution in [1.29, 1.82) is 0 Å². The minimum Gasteiger partial charge on any atom is -0.477 e. The van der Waals surface area contributed by atoms with Gasteiger partial charge in [-0.15, -0.1) is 0 Å². The molecule has 0 saturated heterocycles. The lowest BCUT2D eigenvalue weighted by Crippen LogP contribution is -2.09. The van der Waals surface area contributed by atoms with Gasteiger partial charge in [-0.1, -0.05) is 0 Å². The van der Waals surface area contributed by atoms with E-state index in [2.05, 4.69) is 9.97 Å². The Morgan fingerprint density at radius 3 is 2.94 bits per heavy atom. The standard InChI is InChI=1S/C10H8F2N2O2/c11-8(12)4-5-3-7-6(1-2-13-7)14-9(5)10(15)16/h1-3,8,13H,4H2,(H,15,16). The van der Waals surface area contributed by atoms with Crippen molar-refractivity contribution in [2.24, 2.45) is 0 Å². The predicted octanol–water partition coefficient (Wildman–Crippen LogP) is 2.07. The molecule has 0 aliphatic heterocycles. The second kappa shape index (κ2) is 3.88. The van der Waals surface area contributed by atoms with Crippen molar-refractivity contribution in [3.05, 3.63) is 29.6 Å². The molecule has 0 atom stereocenters. The Kier molecular flexibility index (Phi) is 2.55. The average Bonchev–Trinajstić information content (AvgIpc) is 2.62. The molecule has 2 aromatic heterocycles. The molecular formula is C10H8F2N2O2. The van der Waals surface area contributed by atoms with E-state index in [0.717, 1.165) is 0 Å². The summed E-state index contributed by atoms with van der Waals surface area (Å²) < 4.78 is 24.5. The van der Waals surface area contributed by atoms with Gasteiger partial charge in [0.2, 0.25) is 6.43 Å². The fraction of sp³-hybridized carbons (Fsp3) is 0.200. The third-order valence-electron chi connectivity index (χ3n) is 2.19. The number of H-pyrrole nitrogens is 1. The molecule has 0 saturated carbocycles. The van der Waals surface area contributed by atoms with Gasteiger partial charge in [-0.2, -0.15) is 0 Å². The summed E-state index contributed by atoms with van der Waals surface area (Å²) >= 11 is 0. The highest BCUT2D eigenvalue weighted by Crippen LogP contribution is 2.18. The van der Waals surface area contributed by atoms with E-state index in [1.54, 1.807) is 12.3 Å². The molecule has 84 valence electrons. The van der Waals surface area contributed by atoms with E-state index >= 15 is 0 Å². The number of nitrogens with one attached hydrogen (secondary N) is 1. The maximum Gasteiger partial charge on any atom is 0.354 e. The number of aromatic amines is 1. The lowest BCUT2D eigenvalue weighted by atomic mass is 10.1. The molecular weight excluding hydrogens is 218 g/mol. The van der Waals surface area contributed by atoms with Crippen molar-refractivity contribution in [2.75, 3.05) is 0 Å². The van der Waals surface area contributed by atoms with E-state index in [1.165, 1.54) is 6.07 Å². The van der Waals surface area contributed by atoms with Crippen molar-refractivity contribution in [2.45, 2.75) is 12.8 Å². The zero-order valence-corrected chi connectivity index (χ0v) is 8.08. The fourth-order valence-electron chi connectivity index (χ4n) is 1.53. The number of alkyl halides is 2. The summed E-state index contributed by atoms with van der Waals surface area (Å²) in [5.41, 5.74) is 0.737. The van der Waals surface area contributed by atoms with Gasteiger partial charge in [-0.05, 0) is 17.7 Å². The maximum atomic E-state index is 12.3. The highest BCUT2D eigenvalue weighted by molar-refractivity contribution is 5.90. The second-order valence-electron chi connectivity index (χ2n) is 3.31. The van der Waals surface area contributed by atoms with Gasteiger partial charge in [-0.25, -0.2) is 18.6 Å². The minimum atomic E-state index is -2.59. The molecule has 0 radical (unpaired) electrons. The fourth-order valence-corrected chi connectivity index (χ4v) is 1.53. The molecule has 16 heavy (non-hydrogen) atoms. The summed E-state index contributed by atoms with van der Waals surface area (Å²) in [6, 6.07) is 2.99. The van der Waals surface area contributed by atoms with E-state index in [1.807, 2.05) is 0 Å². The van der Waals surface area contributed by atoms with Crippen LogP contribution in [0.5, 0.6) is 0 Å². The molecule has 0 unspecified atom stereocenters. The molecule has 2 N–H and O–H groups in total. The van der Waals surface area contributed by atoms with Gasteiger partial charge in [0.15, 0.2) is 5.69 Å². The van der Waals surface area contributed by atoms with Crippen molar-refractivity contribution < 1.29 is 18.7 Å². The summed E-state index contributed by atoms with van der Waals surface area (Å²) in [6.07, 6.45) is -1.62. The zero-order valence-electron chi connectivity index (χ0n) is 8.08. The second-order valence-corrected chi connectivity index (χ2v) is 3.31. The molecule has 2 aromatic rings. The van der Waals surface area contributed by atoms with E-state index in [-0.39, 0.29) is 11.3 Å². The van der Waals surface area contributed by atoms with Crippen LogP contribution in [0.2, 0.25) is 0 Å². The Morgan fingerprint density at radius 1 is 1.56 bits per heavy atom. The van der Waals surface area contributed by atoms with Crippen LogP contribution in [0.15, 0.2) is 18.3 Å². The number of nitrogens with zero attached hydrogens (tertiary/aromatic N) is 1. The SMILES string of the molecule is O=C(O)c1nc2cc[nH]c2cc1CC(F)F. The summed E-state index contributed by atoms with van der Waals surface area (Å²) in [6.45, 7) is 0. The quantitative estimate of drug-likeness (QED) is 0.841. The van der Waals surface area contributed by atoms with Gasteiger partial charge in [-0.3, -0.25) is 0 Å². The molecule has 2 rings (SSSR count). The monoisotopic (exact) mass is 226 g/mol. The normalized spacial score (nSPS) is 11.2. The third-order valence-corrected chi connectivity index (χ3v) is 2.19. The Labute approximate surface area is 88.9 Å². The lowest BCUT2D eigenvalue weighted by molar-refractivity contribution is 0.0688. The van der Waals surface area contributed by atoms with Gasteiger partial charge < -0.3 is 10.1 Å². The highest BCUT2D eigenvalue weighted by atomic mass is 19.3. The van der Waals surface area contributed by atoms with Crippen LogP contribution in [0.1, 0.15) is 16.1 Å². The van der Waals surface area contributed by atoms with Gasteiger partial charge in [0.25, 0.3) is 0 Å². The van der Waals surface area contributed by atoms with E-state index < -0.39 is 18.8 Å². The molecule has 2 heterocycles. The molecule has 0 aliphatic rings. The van der Waals surface area contributed by atoms with Crippen LogP contribution in [0, 0.1) is 0 Å². The number of rotatable bonds is 3. The Bertz CT molecular complexity index is 537. The molecule has 0 spiro atoms. The lowest BCUT2D eigenvalue weighted by Gasteiger charge is -2.04. The van der Waals surface area contributed by atoms with Crippen molar-refractivity contribution >= 4 is 17.0 Å². The first-order valence-corrected chi connectivity index (χ1v) is 4.56. The van der Waals surface area contributed by atoms with Gasteiger partial charge >= 0.3 is 5.97 Å². The number of carboxylic acid groups (broad SMARTS) is 1. The number of carboxylic acids is 1. The van der Waals surface area contributed by atoms with Crippen LogP contribution in [-0.2, 0) is 6.42 Å². The molecule has 6 heteroatoms. The minimum absolute atomic E-state index is 0.0393. The molecule has 0 aliphatic carbocycles. The molecule has 0 amide bonds. The van der Waals surface area contributed by atoms with Crippen LogP contribution in [-0.4, -0.2) is 27.5 Å². The summed E-state index contributed by atoms with van der Waals surface area (Å²) in [5, 5.41) is 8.86. The summed E-state index contributed by atoms with van der Waals surface area (Å²) in [7, 11) is 0. The topological polar surface area (TPSA) is 66.0 Å². The molecule has 4 nitrogen and oxygen atoms in total. The van der Waals surface area contributed by atoms with Crippen LogP contribution in [0.25, 0.3) is 11.0 Å². The maximum absolute atomic E-state index is 12.3. The first-order valence-electron chi connectivity index (χ1n) is 4.56. The number of fused-ring (bicyclic) bond motifs is 1. The Hall–Kier alpha value is -1.98. The van der Waals surface area contributed by atoms with E-state index in [9.17, 15) is 13.6 Å². The Morgan fingerprint density at radius 2 is 2.31 bits per heavy atom. The van der Waals surface area contributed by atoms with Crippen molar-refractivity contribution in [3.63, 3.8) is 0 Å². The van der Waals surface area contributed by atoms with Crippen molar-refractivity contribution in [1.82, 2.24) is 9.97 Å². The van der Waals surface area contributed by atoms with Gasteiger partial charge in [0, 0.05) is 12.6 Å². The average molecular weight is 226 g/mol. The van der Waals surface area contributed by atoms with Crippen LogP contribution >= 0.6 is 0 Å². The first-order chi connectivity index (χ1) is 7.58. The van der Waals surface area contributed by atoms with E-state index in [4.69, 9.17) is 5.11 Å². The zero-order chi connectivity index (χ0) is 11.7. The van der Waals surface area contributed by atoms with Crippen LogP contribution < -0.4 is 0 Å². The number of carbonyl (C=O) groups is 1. The number of halogens is 2. The number of hydrogen-bond donors (Lipinski definition) is 2. The molecule has 0 bridgehead atoms. The van der Waals surface area contributed by atoms with Crippen molar-refractivity contribution in [3.8, 4) is 0 Å². The summed E-state index contributed by atoms with van der Waals surface area (Å²) in [5.74, 6) is -1.29.